The van der Waals surface area contributed by atoms with E-state index in [1.165, 1.54) is 16.3 Å². The van der Waals surface area contributed by atoms with Crippen molar-refractivity contribution in [2.75, 3.05) is 7.11 Å². The summed E-state index contributed by atoms with van der Waals surface area (Å²) in [5.41, 5.74) is 3.12. The van der Waals surface area contributed by atoms with Crippen LogP contribution in [0.5, 0.6) is 5.75 Å². The zero-order valence-corrected chi connectivity index (χ0v) is 15.1. The van der Waals surface area contributed by atoms with Gasteiger partial charge in [-0.05, 0) is 43.3 Å². The predicted octanol–water partition coefficient (Wildman–Crippen LogP) is 1.86. The summed E-state index contributed by atoms with van der Waals surface area (Å²) in [5, 5.41) is 0.399. The van der Waals surface area contributed by atoms with Crippen LogP contribution in [0.1, 0.15) is 6.92 Å². The molecule has 0 bridgehead atoms. The van der Waals surface area contributed by atoms with E-state index in [2.05, 4.69) is 10.4 Å². The van der Waals surface area contributed by atoms with Crippen LogP contribution in [0.3, 0.4) is 0 Å². The van der Waals surface area contributed by atoms with E-state index in [4.69, 9.17) is 10.6 Å². The summed E-state index contributed by atoms with van der Waals surface area (Å²) in [4.78, 5) is 29.5. The molecule has 7 nitrogen and oxygen atoms in total. The number of nitrogens with one attached hydrogen (secondary N) is 1. The molecule has 0 unspecified atom stereocenters. The van der Waals surface area contributed by atoms with E-state index in [1.807, 2.05) is 6.07 Å². The van der Waals surface area contributed by atoms with Gasteiger partial charge in [-0.15, -0.1) is 0 Å². The maximum absolute atomic E-state index is 13.1. The largest absolute Gasteiger partial charge is 0.497 e. The number of nitrogens with two attached hydrogens (primary N) is 1. The molecule has 0 aliphatic heterocycles. The highest BCUT2D eigenvalue weighted by atomic mass is 32.2. The molecule has 2 aromatic carbocycles. The van der Waals surface area contributed by atoms with Gasteiger partial charge in [-0.3, -0.25) is 19.6 Å². The number of carbonyl (C=O) groups excluding carboxylic acids is 1. The van der Waals surface area contributed by atoms with Crippen molar-refractivity contribution >= 4 is 28.6 Å². The number of nitrogens with zero attached hydrogens (tertiary/aromatic N) is 2. The SMILES string of the molecule is COc1ccc(-n2c(S[C@@H](C)C(=O)NN)nc3ccccc3c2=O)cc1. The van der Waals surface area contributed by atoms with Crippen molar-refractivity contribution in [1.29, 1.82) is 0 Å². The molecule has 0 aliphatic rings. The van der Waals surface area contributed by atoms with E-state index < -0.39 is 5.25 Å². The Hall–Kier alpha value is -2.84. The Morgan fingerprint density at radius 3 is 2.58 bits per heavy atom. The molecule has 3 rings (SSSR count). The van der Waals surface area contributed by atoms with Crippen LogP contribution in [0, 0.1) is 0 Å². The van der Waals surface area contributed by atoms with Gasteiger partial charge in [0, 0.05) is 0 Å². The van der Waals surface area contributed by atoms with Gasteiger partial charge >= 0.3 is 0 Å². The third kappa shape index (κ3) is 3.42. The predicted molar refractivity (Wildman–Crippen MR) is 102 cm³/mol. The number of rotatable bonds is 5. The number of hydrazine groups is 1. The van der Waals surface area contributed by atoms with Crippen LogP contribution in [0.2, 0.25) is 0 Å². The fraction of sp³-hybridized carbons (Fsp3) is 0.167. The van der Waals surface area contributed by atoms with Crippen LogP contribution >= 0.6 is 11.8 Å². The quantitative estimate of drug-likeness (QED) is 0.234. The number of fused-ring (bicyclic) bond motifs is 1. The minimum absolute atomic E-state index is 0.205. The molecule has 3 N–H and O–H groups in total. The van der Waals surface area contributed by atoms with Crippen molar-refractivity contribution in [1.82, 2.24) is 15.0 Å². The van der Waals surface area contributed by atoms with Crippen LogP contribution in [0.4, 0.5) is 0 Å². The molecule has 0 fully saturated rings. The van der Waals surface area contributed by atoms with Gasteiger partial charge in [0.15, 0.2) is 5.16 Å². The van der Waals surface area contributed by atoms with Crippen LogP contribution in [0.15, 0.2) is 58.5 Å². The van der Waals surface area contributed by atoms with E-state index in [0.717, 1.165) is 0 Å². The summed E-state index contributed by atoms with van der Waals surface area (Å²) in [6.45, 7) is 1.70. The summed E-state index contributed by atoms with van der Waals surface area (Å²) in [6, 6.07) is 14.2. The number of carbonyl (C=O) groups is 1. The third-order valence-electron chi connectivity index (χ3n) is 3.87. The maximum Gasteiger partial charge on any atom is 0.266 e. The molecule has 134 valence electrons. The molecule has 0 saturated carbocycles. The molecule has 0 saturated heterocycles. The maximum atomic E-state index is 13.1. The summed E-state index contributed by atoms with van der Waals surface area (Å²) < 4.78 is 6.66. The average Bonchev–Trinajstić information content (AvgIpc) is 2.67. The highest BCUT2D eigenvalue weighted by Gasteiger charge is 2.19. The monoisotopic (exact) mass is 370 g/mol. The smallest absolute Gasteiger partial charge is 0.266 e. The van der Waals surface area contributed by atoms with Crippen LogP contribution in [-0.2, 0) is 4.79 Å². The van der Waals surface area contributed by atoms with E-state index in [-0.39, 0.29) is 11.5 Å². The standard InChI is InChI=1S/C18H18N4O3S/c1-11(16(23)21-19)26-18-20-15-6-4-3-5-14(15)17(24)22(18)12-7-9-13(25-2)10-8-12/h3-11H,19H2,1-2H3,(H,21,23)/t11-/m0/s1. The number of hydrogen-bond donors (Lipinski definition) is 2. The molecule has 1 heterocycles. The lowest BCUT2D eigenvalue weighted by molar-refractivity contribution is -0.120. The van der Waals surface area contributed by atoms with Gasteiger partial charge in [-0.25, -0.2) is 10.8 Å². The van der Waals surface area contributed by atoms with Crippen LogP contribution < -0.4 is 21.6 Å². The Morgan fingerprint density at radius 2 is 1.92 bits per heavy atom. The molecule has 0 spiro atoms. The Balaban J connectivity index is 2.20. The van der Waals surface area contributed by atoms with Crippen molar-refractivity contribution in [2.45, 2.75) is 17.3 Å². The summed E-state index contributed by atoms with van der Waals surface area (Å²) >= 11 is 1.17. The highest BCUT2D eigenvalue weighted by molar-refractivity contribution is 8.00. The zero-order valence-electron chi connectivity index (χ0n) is 14.3. The first kappa shape index (κ1) is 18.0. The van der Waals surface area contributed by atoms with Crippen molar-refractivity contribution < 1.29 is 9.53 Å². The Kier molecular flexibility index (Phi) is 5.24. The lowest BCUT2D eigenvalue weighted by Crippen LogP contribution is -2.36. The molecule has 0 aliphatic carbocycles. The Morgan fingerprint density at radius 1 is 1.23 bits per heavy atom. The molecule has 1 aromatic heterocycles. The molecule has 8 heteroatoms. The second kappa shape index (κ2) is 7.59. The third-order valence-corrected chi connectivity index (χ3v) is 4.92. The number of thioether (sulfide) groups is 1. The van der Waals surface area contributed by atoms with Gasteiger partial charge in [0.25, 0.3) is 5.56 Å². The minimum atomic E-state index is -0.516. The highest BCUT2D eigenvalue weighted by Crippen LogP contribution is 2.25. The number of ether oxygens (including phenoxy) is 1. The van der Waals surface area contributed by atoms with Gasteiger partial charge in [-0.2, -0.15) is 0 Å². The summed E-state index contributed by atoms with van der Waals surface area (Å²) in [5.74, 6) is 5.55. The minimum Gasteiger partial charge on any atom is -0.497 e. The molecular formula is C18H18N4O3S. The number of para-hydroxylation sites is 1. The lowest BCUT2D eigenvalue weighted by atomic mass is 10.2. The number of amides is 1. The van der Waals surface area contributed by atoms with Crippen molar-refractivity contribution in [2.24, 2.45) is 5.84 Å². The van der Waals surface area contributed by atoms with E-state index in [1.54, 1.807) is 56.5 Å². The Labute approximate surface area is 154 Å². The number of methoxy groups -OCH3 is 1. The summed E-state index contributed by atoms with van der Waals surface area (Å²) in [7, 11) is 1.58. The van der Waals surface area contributed by atoms with Crippen LogP contribution in [0.25, 0.3) is 16.6 Å². The van der Waals surface area contributed by atoms with Gasteiger partial charge in [-0.1, -0.05) is 23.9 Å². The number of hydrogen-bond acceptors (Lipinski definition) is 6. The fourth-order valence-electron chi connectivity index (χ4n) is 2.48. The van der Waals surface area contributed by atoms with E-state index in [9.17, 15) is 9.59 Å². The van der Waals surface area contributed by atoms with Gasteiger partial charge in [0.05, 0.1) is 29.0 Å². The van der Waals surface area contributed by atoms with Gasteiger partial charge < -0.3 is 4.74 Å². The fourth-order valence-corrected chi connectivity index (χ4v) is 3.42. The average molecular weight is 370 g/mol. The first-order chi connectivity index (χ1) is 12.5. The first-order valence-corrected chi connectivity index (χ1v) is 8.76. The molecule has 26 heavy (non-hydrogen) atoms. The van der Waals surface area contributed by atoms with Gasteiger partial charge in [0.2, 0.25) is 5.91 Å². The second-order valence-corrected chi connectivity index (χ2v) is 6.83. The van der Waals surface area contributed by atoms with Crippen LogP contribution in [-0.4, -0.2) is 27.8 Å². The molecule has 0 radical (unpaired) electrons. The summed E-state index contributed by atoms with van der Waals surface area (Å²) in [6.07, 6.45) is 0. The topological polar surface area (TPSA) is 99.2 Å². The molecule has 1 amide bonds. The zero-order chi connectivity index (χ0) is 18.7. The lowest BCUT2D eigenvalue weighted by Gasteiger charge is -2.16. The van der Waals surface area contributed by atoms with E-state index >= 15 is 0 Å². The van der Waals surface area contributed by atoms with Gasteiger partial charge in [0.1, 0.15) is 5.75 Å². The molecule has 1 atom stereocenters. The van der Waals surface area contributed by atoms with Crippen molar-refractivity contribution in [3.63, 3.8) is 0 Å². The molecule has 3 aromatic rings. The Bertz CT molecular complexity index is 1000. The molecular weight excluding hydrogens is 352 g/mol. The number of aromatic nitrogens is 2. The normalized spacial score (nSPS) is 12.0. The van der Waals surface area contributed by atoms with E-state index in [0.29, 0.717) is 27.5 Å². The first-order valence-electron chi connectivity index (χ1n) is 7.88. The van der Waals surface area contributed by atoms with Crippen molar-refractivity contribution in [3.05, 3.63) is 58.9 Å². The number of benzene rings is 2. The van der Waals surface area contributed by atoms with Crippen molar-refractivity contribution in [3.8, 4) is 11.4 Å². The second-order valence-electron chi connectivity index (χ2n) is 5.52.